The van der Waals surface area contributed by atoms with Crippen LogP contribution in [0.3, 0.4) is 0 Å². The van der Waals surface area contributed by atoms with Crippen molar-refractivity contribution < 1.29 is 4.79 Å². The first-order valence-corrected chi connectivity index (χ1v) is 8.71. The molecule has 1 amide bonds. The predicted octanol–water partition coefficient (Wildman–Crippen LogP) is 2.97. The molecular weight excluding hydrogens is 326 g/mol. The number of benzene rings is 1. The highest BCUT2D eigenvalue weighted by Crippen LogP contribution is 2.08. The number of aromatic nitrogens is 2. The van der Waals surface area contributed by atoms with Crippen LogP contribution in [0.5, 0.6) is 0 Å². The van der Waals surface area contributed by atoms with Gasteiger partial charge in [-0.3, -0.25) is 9.59 Å². The molecule has 2 N–H and O–H groups in total. The third-order valence-electron chi connectivity index (χ3n) is 4.47. The van der Waals surface area contributed by atoms with Gasteiger partial charge in [-0.2, -0.15) is 0 Å². The maximum Gasteiger partial charge on any atom is 0.268 e. The van der Waals surface area contributed by atoms with Crippen molar-refractivity contribution in [1.82, 2.24) is 14.9 Å². The van der Waals surface area contributed by atoms with Crippen molar-refractivity contribution in [2.24, 2.45) is 0 Å². The number of pyridine rings is 1. The Morgan fingerprint density at radius 1 is 1.12 bits per heavy atom. The monoisotopic (exact) mass is 349 g/mol. The van der Waals surface area contributed by atoms with Crippen molar-refractivity contribution >= 4 is 5.91 Å². The molecule has 0 spiro atoms. The zero-order chi connectivity index (χ0) is 18.5. The highest BCUT2D eigenvalue weighted by molar-refractivity contribution is 5.92. The maximum absolute atomic E-state index is 12.6. The van der Waals surface area contributed by atoms with Crippen LogP contribution in [0.1, 0.15) is 32.9 Å². The predicted molar refractivity (Wildman–Crippen MR) is 102 cm³/mol. The van der Waals surface area contributed by atoms with Crippen LogP contribution in [0.2, 0.25) is 0 Å². The third-order valence-corrected chi connectivity index (χ3v) is 4.47. The highest BCUT2D eigenvalue weighted by Gasteiger charge is 2.12. The number of hydrogen-bond donors (Lipinski definition) is 2. The van der Waals surface area contributed by atoms with Crippen LogP contribution in [0.25, 0.3) is 0 Å². The van der Waals surface area contributed by atoms with Gasteiger partial charge in [-0.15, -0.1) is 0 Å². The van der Waals surface area contributed by atoms with E-state index in [1.807, 2.05) is 54.9 Å². The molecule has 134 valence electrons. The Kier molecular flexibility index (Phi) is 5.37. The number of nitrogens with zero attached hydrogens (tertiary/aromatic N) is 1. The molecule has 0 aliphatic carbocycles. The number of carbonyl (C=O) groups is 1. The summed E-state index contributed by atoms with van der Waals surface area (Å²) in [6, 6.07) is 15.8. The molecule has 3 aromatic rings. The SMILES string of the molecule is Cc1cc(C)c(CNC(=O)c2cccn2CCc2ccccc2)c(=O)[nH]1. The number of aryl methyl sites for hydroxylation is 4. The maximum atomic E-state index is 12.6. The third kappa shape index (κ3) is 4.11. The standard InChI is InChI=1S/C21H23N3O2/c1-15-13-16(2)23-20(25)18(15)14-22-21(26)19-9-6-11-24(19)12-10-17-7-4-3-5-8-17/h3-9,11,13H,10,12,14H2,1-2H3,(H,22,26)(H,23,25). The fourth-order valence-electron chi connectivity index (χ4n) is 3.07. The molecule has 0 unspecified atom stereocenters. The summed E-state index contributed by atoms with van der Waals surface area (Å²) in [4.78, 5) is 27.4. The van der Waals surface area contributed by atoms with Gasteiger partial charge in [-0.1, -0.05) is 30.3 Å². The lowest BCUT2D eigenvalue weighted by Crippen LogP contribution is -2.29. The lowest BCUT2D eigenvalue weighted by Gasteiger charge is -2.11. The van der Waals surface area contributed by atoms with Gasteiger partial charge in [0.2, 0.25) is 0 Å². The number of aromatic amines is 1. The molecule has 0 atom stereocenters. The smallest absolute Gasteiger partial charge is 0.268 e. The van der Waals surface area contributed by atoms with Crippen LogP contribution in [-0.4, -0.2) is 15.5 Å². The first-order chi connectivity index (χ1) is 12.5. The van der Waals surface area contributed by atoms with Gasteiger partial charge in [0.05, 0.1) is 0 Å². The van der Waals surface area contributed by atoms with E-state index in [9.17, 15) is 9.59 Å². The van der Waals surface area contributed by atoms with Gasteiger partial charge in [0.25, 0.3) is 11.5 Å². The van der Waals surface area contributed by atoms with Gasteiger partial charge in [-0.25, -0.2) is 0 Å². The Morgan fingerprint density at radius 2 is 1.88 bits per heavy atom. The summed E-state index contributed by atoms with van der Waals surface area (Å²) in [5.41, 5.74) is 3.97. The Hall–Kier alpha value is -3.08. The molecule has 0 aliphatic rings. The largest absolute Gasteiger partial charge is 0.346 e. The first-order valence-electron chi connectivity index (χ1n) is 8.71. The van der Waals surface area contributed by atoms with Gasteiger partial charge >= 0.3 is 0 Å². The van der Waals surface area contributed by atoms with E-state index in [1.165, 1.54) is 5.56 Å². The minimum atomic E-state index is -0.178. The first kappa shape index (κ1) is 17.7. The van der Waals surface area contributed by atoms with Gasteiger partial charge in [0, 0.05) is 30.5 Å². The second-order valence-electron chi connectivity index (χ2n) is 6.45. The Bertz CT molecular complexity index is 955. The Morgan fingerprint density at radius 3 is 2.62 bits per heavy atom. The molecular formula is C21H23N3O2. The van der Waals surface area contributed by atoms with E-state index in [0.29, 0.717) is 11.3 Å². The molecule has 0 saturated carbocycles. The normalized spacial score (nSPS) is 10.7. The molecule has 26 heavy (non-hydrogen) atoms. The summed E-state index contributed by atoms with van der Waals surface area (Å²) < 4.78 is 1.94. The van der Waals surface area contributed by atoms with Crippen LogP contribution in [0, 0.1) is 13.8 Å². The quantitative estimate of drug-likeness (QED) is 0.718. The minimum Gasteiger partial charge on any atom is -0.346 e. The van der Waals surface area contributed by atoms with E-state index in [0.717, 1.165) is 24.2 Å². The number of H-pyrrole nitrogens is 1. The second kappa shape index (κ2) is 7.87. The number of amides is 1. The average Bonchev–Trinajstić information content (AvgIpc) is 3.08. The molecule has 5 heteroatoms. The van der Waals surface area contributed by atoms with Gasteiger partial charge < -0.3 is 14.9 Å². The van der Waals surface area contributed by atoms with Crippen molar-refractivity contribution in [3.8, 4) is 0 Å². The number of nitrogens with one attached hydrogen (secondary N) is 2. The van der Waals surface area contributed by atoms with Crippen LogP contribution in [0.15, 0.2) is 59.5 Å². The summed E-state index contributed by atoms with van der Waals surface area (Å²) in [5.74, 6) is -0.178. The summed E-state index contributed by atoms with van der Waals surface area (Å²) in [5, 5.41) is 2.86. The van der Waals surface area contributed by atoms with Crippen molar-refractivity contribution in [1.29, 1.82) is 0 Å². The van der Waals surface area contributed by atoms with Crippen LogP contribution in [-0.2, 0) is 19.5 Å². The Labute approximate surface area is 152 Å². The lowest BCUT2D eigenvalue weighted by atomic mass is 10.1. The van der Waals surface area contributed by atoms with E-state index >= 15 is 0 Å². The fourth-order valence-corrected chi connectivity index (χ4v) is 3.07. The minimum absolute atomic E-state index is 0.151. The molecule has 5 nitrogen and oxygen atoms in total. The zero-order valence-corrected chi connectivity index (χ0v) is 15.1. The summed E-state index contributed by atoms with van der Waals surface area (Å²) >= 11 is 0. The fraction of sp³-hybridized carbons (Fsp3) is 0.238. The van der Waals surface area contributed by atoms with Gasteiger partial charge in [-0.05, 0) is 49.6 Å². The van der Waals surface area contributed by atoms with Gasteiger partial charge in [0.1, 0.15) is 5.69 Å². The zero-order valence-electron chi connectivity index (χ0n) is 15.1. The molecule has 0 saturated heterocycles. The molecule has 1 aromatic carbocycles. The topological polar surface area (TPSA) is 66.9 Å². The molecule has 2 heterocycles. The van der Waals surface area contributed by atoms with Gasteiger partial charge in [0.15, 0.2) is 0 Å². The molecule has 2 aromatic heterocycles. The lowest BCUT2D eigenvalue weighted by molar-refractivity contribution is 0.0941. The number of carbonyl (C=O) groups excluding carboxylic acids is 1. The molecule has 0 bridgehead atoms. The molecule has 3 rings (SSSR count). The molecule has 0 radical (unpaired) electrons. The van der Waals surface area contributed by atoms with E-state index in [1.54, 1.807) is 6.07 Å². The number of rotatable bonds is 6. The Balaban J connectivity index is 1.66. The summed E-state index contributed by atoms with van der Waals surface area (Å²) in [6.07, 6.45) is 2.76. The highest BCUT2D eigenvalue weighted by atomic mass is 16.2. The van der Waals surface area contributed by atoms with E-state index < -0.39 is 0 Å². The van der Waals surface area contributed by atoms with E-state index in [2.05, 4.69) is 22.4 Å². The second-order valence-corrected chi connectivity index (χ2v) is 6.45. The van der Waals surface area contributed by atoms with Crippen LogP contribution >= 0.6 is 0 Å². The summed E-state index contributed by atoms with van der Waals surface area (Å²) in [6.45, 7) is 4.66. The molecule has 0 aliphatic heterocycles. The molecule has 0 fully saturated rings. The number of hydrogen-bond acceptors (Lipinski definition) is 2. The average molecular weight is 349 g/mol. The van der Waals surface area contributed by atoms with E-state index in [4.69, 9.17) is 0 Å². The van der Waals surface area contributed by atoms with Crippen LogP contribution in [0.4, 0.5) is 0 Å². The summed E-state index contributed by atoms with van der Waals surface area (Å²) in [7, 11) is 0. The van der Waals surface area contributed by atoms with Crippen LogP contribution < -0.4 is 10.9 Å². The van der Waals surface area contributed by atoms with Crippen molar-refractivity contribution in [3.05, 3.63) is 93.2 Å². The van der Waals surface area contributed by atoms with Crippen molar-refractivity contribution in [2.75, 3.05) is 0 Å². The van der Waals surface area contributed by atoms with E-state index in [-0.39, 0.29) is 18.0 Å². The van der Waals surface area contributed by atoms with Crippen molar-refractivity contribution in [2.45, 2.75) is 33.4 Å². The van der Waals surface area contributed by atoms with Crippen molar-refractivity contribution in [3.63, 3.8) is 0 Å².